The maximum atomic E-state index is 13.6. The highest BCUT2D eigenvalue weighted by Crippen LogP contribution is 2.33. The van der Waals surface area contributed by atoms with Gasteiger partial charge in [-0.2, -0.15) is 4.98 Å². The SMILES string of the molecule is C/N=C/c1ccc(OC(C(=O)Nc2nc3cc(OC)c(OC)cc3o2)c2ccc(C(=O)NCCN3CCCCC3)cc2)cc1. The van der Waals surface area contributed by atoms with Crippen molar-refractivity contribution in [2.45, 2.75) is 25.4 Å². The van der Waals surface area contributed by atoms with Gasteiger partial charge >= 0.3 is 6.01 Å². The molecule has 1 aliphatic rings. The third-order valence-electron chi connectivity index (χ3n) is 7.41. The number of hydrogen-bond donors (Lipinski definition) is 2. The zero-order valence-corrected chi connectivity index (χ0v) is 25.2. The molecule has 11 nitrogen and oxygen atoms in total. The fourth-order valence-corrected chi connectivity index (χ4v) is 5.09. The van der Waals surface area contributed by atoms with E-state index in [1.807, 2.05) is 12.1 Å². The van der Waals surface area contributed by atoms with E-state index in [0.29, 0.717) is 46.0 Å². The lowest BCUT2D eigenvalue weighted by Gasteiger charge is -2.26. The number of anilines is 1. The minimum atomic E-state index is -1.07. The number of aliphatic imine (C=N–C) groups is 1. The number of hydrogen-bond acceptors (Lipinski definition) is 9. The van der Waals surface area contributed by atoms with Crippen LogP contribution in [0.2, 0.25) is 0 Å². The molecule has 230 valence electrons. The maximum Gasteiger partial charge on any atom is 0.302 e. The second-order valence-electron chi connectivity index (χ2n) is 10.4. The molecule has 11 heteroatoms. The van der Waals surface area contributed by atoms with Crippen LogP contribution in [0.15, 0.2) is 70.1 Å². The highest BCUT2D eigenvalue weighted by Gasteiger charge is 2.26. The molecule has 0 saturated carbocycles. The Labute approximate surface area is 256 Å². The van der Waals surface area contributed by atoms with E-state index in [9.17, 15) is 9.59 Å². The summed E-state index contributed by atoms with van der Waals surface area (Å²) in [5, 5.41) is 5.72. The van der Waals surface area contributed by atoms with Crippen LogP contribution in [0, 0.1) is 0 Å². The van der Waals surface area contributed by atoms with Crippen LogP contribution in [0.25, 0.3) is 11.1 Å². The number of aromatic nitrogens is 1. The Morgan fingerprint density at radius 1 is 1.00 bits per heavy atom. The predicted octanol–water partition coefficient (Wildman–Crippen LogP) is 4.87. The average Bonchev–Trinajstić information content (AvgIpc) is 3.45. The number of ether oxygens (including phenoxy) is 3. The number of likely N-dealkylation sites (tertiary alicyclic amines) is 1. The Balaban J connectivity index is 1.33. The van der Waals surface area contributed by atoms with Crippen LogP contribution < -0.4 is 24.8 Å². The number of benzene rings is 3. The summed E-state index contributed by atoms with van der Waals surface area (Å²) in [6.07, 6.45) is 4.34. The number of nitrogens with one attached hydrogen (secondary N) is 2. The van der Waals surface area contributed by atoms with Crippen LogP contribution in [0.3, 0.4) is 0 Å². The molecule has 0 aliphatic carbocycles. The number of piperidine rings is 1. The Morgan fingerprint density at radius 3 is 2.39 bits per heavy atom. The van der Waals surface area contributed by atoms with Crippen molar-refractivity contribution in [2.24, 2.45) is 4.99 Å². The van der Waals surface area contributed by atoms with E-state index in [4.69, 9.17) is 18.6 Å². The third-order valence-corrected chi connectivity index (χ3v) is 7.41. The second kappa shape index (κ2) is 14.5. The summed E-state index contributed by atoms with van der Waals surface area (Å²) in [5.74, 6) is 0.765. The summed E-state index contributed by atoms with van der Waals surface area (Å²) < 4.78 is 22.6. The van der Waals surface area contributed by atoms with E-state index in [1.54, 1.807) is 61.8 Å². The molecule has 0 bridgehead atoms. The number of fused-ring (bicyclic) bond motifs is 1. The van der Waals surface area contributed by atoms with Crippen LogP contribution in [0.5, 0.6) is 17.2 Å². The molecule has 1 aliphatic heterocycles. The number of amides is 2. The minimum absolute atomic E-state index is 0.00638. The second-order valence-corrected chi connectivity index (χ2v) is 10.4. The lowest BCUT2D eigenvalue weighted by Crippen LogP contribution is -2.37. The Bertz CT molecular complexity index is 1550. The molecular weight excluding hydrogens is 562 g/mol. The summed E-state index contributed by atoms with van der Waals surface area (Å²) in [5.41, 5.74) is 2.84. The lowest BCUT2D eigenvalue weighted by molar-refractivity contribution is -0.123. The zero-order valence-electron chi connectivity index (χ0n) is 25.2. The minimum Gasteiger partial charge on any atom is -0.493 e. The molecule has 1 saturated heterocycles. The Kier molecular flexibility index (Phi) is 10.1. The van der Waals surface area contributed by atoms with Crippen molar-refractivity contribution in [3.8, 4) is 17.2 Å². The van der Waals surface area contributed by atoms with E-state index in [2.05, 4.69) is 25.5 Å². The normalized spacial score (nSPS) is 14.3. The monoisotopic (exact) mass is 599 g/mol. The first kappa shape index (κ1) is 30.6. The summed E-state index contributed by atoms with van der Waals surface area (Å²) in [4.78, 5) is 37.2. The molecule has 2 amide bonds. The standard InChI is InChI=1S/C33H37N5O6/c1-34-21-22-7-13-25(14-8-22)43-30(32(40)37-33-36-26-19-28(41-2)29(42-3)20-27(26)44-33)23-9-11-24(12-10-23)31(39)35-15-18-38-16-5-4-6-17-38/h7-14,19-21,30H,4-6,15-18H2,1-3H3,(H,35,39)(H,36,37,40)/b34-21+. The van der Waals surface area contributed by atoms with E-state index < -0.39 is 12.0 Å². The molecule has 0 radical (unpaired) electrons. The average molecular weight is 600 g/mol. The highest BCUT2D eigenvalue weighted by molar-refractivity contribution is 5.96. The van der Waals surface area contributed by atoms with E-state index in [0.717, 1.165) is 25.2 Å². The molecular formula is C33H37N5O6. The third kappa shape index (κ3) is 7.54. The molecule has 3 aromatic carbocycles. The van der Waals surface area contributed by atoms with Gasteiger partial charge in [0.1, 0.15) is 11.3 Å². The molecule has 4 aromatic rings. The van der Waals surface area contributed by atoms with Crippen molar-refractivity contribution in [1.82, 2.24) is 15.2 Å². The van der Waals surface area contributed by atoms with Gasteiger partial charge in [-0.25, -0.2) is 0 Å². The van der Waals surface area contributed by atoms with Gasteiger partial charge in [0.15, 0.2) is 17.1 Å². The number of carbonyl (C=O) groups excluding carboxylic acids is 2. The number of nitrogens with zero attached hydrogens (tertiary/aromatic N) is 3. The molecule has 1 atom stereocenters. The van der Waals surface area contributed by atoms with Gasteiger partial charge in [0, 0.05) is 49.6 Å². The topological polar surface area (TPSA) is 128 Å². The Hall–Kier alpha value is -4.90. The van der Waals surface area contributed by atoms with Gasteiger partial charge in [0.05, 0.1) is 14.2 Å². The van der Waals surface area contributed by atoms with Crippen LogP contribution in [-0.4, -0.2) is 75.4 Å². The summed E-state index contributed by atoms with van der Waals surface area (Å²) in [7, 11) is 4.75. The van der Waals surface area contributed by atoms with Crippen molar-refractivity contribution in [1.29, 1.82) is 0 Å². The van der Waals surface area contributed by atoms with Gasteiger partial charge in [-0.3, -0.25) is 19.9 Å². The first-order chi connectivity index (χ1) is 21.5. The molecule has 2 heterocycles. The molecule has 0 spiro atoms. The summed E-state index contributed by atoms with van der Waals surface area (Å²) >= 11 is 0. The molecule has 1 fully saturated rings. The van der Waals surface area contributed by atoms with Crippen LogP contribution in [-0.2, 0) is 4.79 Å². The van der Waals surface area contributed by atoms with Crippen LogP contribution in [0.4, 0.5) is 6.01 Å². The van der Waals surface area contributed by atoms with Gasteiger partial charge in [-0.1, -0.05) is 18.6 Å². The Morgan fingerprint density at radius 2 is 1.70 bits per heavy atom. The molecule has 1 aromatic heterocycles. The highest BCUT2D eigenvalue weighted by atomic mass is 16.5. The zero-order chi connectivity index (χ0) is 30.9. The fraction of sp³-hybridized carbons (Fsp3) is 0.333. The van der Waals surface area contributed by atoms with E-state index in [1.165, 1.54) is 33.5 Å². The predicted molar refractivity (Wildman–Crippen MR) is 168 cm³/mol. The fourth-order valence-electron chi connectivity index (χ4n) is 5.09. The first-order valence-corrected chi connectivity index (χ1v) is 14.6. The van der Waals surface area contributed by atoms with E-state index >= 15 is 0 Å². The van der Waals surface area contributed by atoms with Gasteiger partial charge in [-0.15, -0.1) is 0 Å². The van der Waals surface area contributed by atoms with Crippen LogP contribution in [0.1, 0.15) is 46.9 Å². The molecule has 44 heavy (non-hydrogen) atoms. The van der Waals surface area contributed by atoms with Gasteiger partial charge in [-0.05, 0) is 67.9 Å². The number of methoxy groups -OCH3 is 2. The number of carbonyl (C=O) groups is 2. The van der Waals surface area contributed by atoms with Gasteiger partial charge in [0.25, 0.3) is 11.8 Å². The van der Waals surface area contributed by atoms with Crippen molar-refractivity contribution in [3.05, 3.63) is 77.4 Å². The van der Waals surface area contributed by atoms with Crippen molar-refractivity contribution in [3.63, 3.8) is 0 Å². The molecule has 1 unspecified atom stereocenters. The van der Waals surface area contributed by atoms with Gasteiger partial charge < -0.3 is 28.8 Å². The molecule has 2 N–H and O–H groups in total. The lowest BCUT2D eigenvalue weighted by atomic mass is 10.1. The molecule has 5 rings (SSSR count). The summed E-state index contributed by atoms with van der Waals surface area (Å²) in [6, 6.07) is 17.3. The van der Waals surface area contributed by atoms with Crippen molar-refractivity contribution in [2.75, 3.05) is 52.8 Å². The first-order valence-electron chi connectivity index (χ1n) is 14.6. The summed E-state index contributed by atoms with van der Waals surface area (Å²) in [6.45, 7) is 3.57. The quantitative estimate of drug-likeness (QED) is 0.221. The van der Waals surface area contributed by atoms with Crippen LogP contribution >= 0.6 is 0 Å². The van der Waals surface area contributed by atoms with Crippen molar-refractivity contribution < 1.29 is 28.2 Å². The van der Waals surface area contributed by atoms with Crippen molar-refractivity contribution >= 4 is 35.1 Å². The number of rotatable bonds is 12. The number of oxazole rings is 1. The van der Waals surface area contributed by atoms with Gasteiger partial charge in [0.2, 0.25) is 6.10 Å². The van der Waals surface area contributed by atoms with E-state index in [-0.39, 0.29) is 11.9 Å². The largest absolute Gasteiger partial charge is 0.493 e. The smallest absolute Gasteiger partial charge is 0.302 e. The maximum absolute atomic E-state index is 13.6.